The first-order chi connectivity index (χ1) is 26.8. The predicted octanol–water partition coefficient (Wildman–Crippen LogP) is 9.19. The molecular formula is C39H33BrN8O6S2. The molecule has 0 radical (unpaired) electrons. The molecule has 0 aliphatic rings. The number of anilines is 6. The van der Waals surface area contributed by atoms with Crippen molar-refractivity contribution in [3.05, 3.63) is 137 Å². The number of carbonyl (C=O) groups is 3. The minimum Gasteiger partial charge on any atom is -0.506 e. The van der Waals surface area contributed by atoms with Crippen LogP contribution in [0.3, 0.4) is 0 Å². The summed E-state index contributed by atoms with van der Waals surface area (Å²) < 4.78 is 28.9. The van der Waals surface area contributed by atoms with Crippen molar-refractivity contribution in [1.29, 1.82) is 5.26 Å². The second kappa shape index (κ2) is 18.5. The van der Waals surface area contributed by atoms with Crippen LogP contribution in [0.2, 0.25) is 0 Å². The van der Waals surface area contributed by atoms with E-state index in [9.17, 15) is 27.9 Å². The van der Waals surface area contributed by atoms with E-state index in [1.807, 2.05) is 54.6 Å². The molecule has 17 heteroatoms. The van der Waals surface area contributed by atoms with Crippen molar-refractivity contribution < 1.29 is 27.9 Å². The fourth-order valence-electron chi connectivity index (χ4n) is 4.91. The van der Waals surface area contributed by atoms with E-state index < -0.39 is 22.1 Å². The lowest BCUT2D eigenvalue weighted by Gasteiger charge is -2.14. The van der Waals surface area contributed by atoms with E-state index in [-0.39, 0.29) is 43.8 Å². The van der Waals surface area contributed by atoms with Crippen LogP contribution in [0.25, 0.3) is 11.1 Å². The van der Waals surface area contributed by atoms with Gasteiger partial charge in [0.15, 0.2) is 9.34 Å². The molecule has 0 unspecified atom stereocenters. The largest absolute Gasteiger partial charge is 0.506 e. The van der Waals surface area contributed by atoms with Crippen molar-refractivity contribution in [2.24, 2.45) is 0 Å². The first-order valence-corrected chi connectivity index (χ1v) is 19.6. The zero-order valence-electron chi connectivity index (χ0n) is 29.6. The summed E-state index contributed by atoms with van der Waals surface area (Å²) in [5.74, 6) is -0.509. The van der Waals surface area contributed by atoms with E-state index in [2.05, 4.69) is 52.2 Å². The number of sulfonamides is 1. The SMILES string of the molecule is CC(=O)Nc1nc(C)c(S(=O)(=O)Nc2ccccc2NC(=O)Nc2ccccc2Br)s1.N#Cc1ccc(NC(=O)Nc2ccc(-c3ccccc3)cc2)c(O)c1. The third kappa shape index (κ3) is 11.1. The molecule has 6 aromatic rings. The standard InChI is InChI=1S/C20H15N3O2.C19H18BrN5O4S2/c21-13-14-6-11-18(19(24)12-14)23-20(25)22-17-9-7-16(8-10-17)15-4-2-1-3-5-15;1-11-17(30-19(21-11)22-12(2)26)31(28,29)25-16-10-6-5-9-15(16)24-18(27)23-14-8-4-3-7-13(14)20/h1-12,24H,(H2,22,23,25);3-10,25H,1-2H3,(H,21,22,26)(H2,23,24,27). The van der Waals surface area contributed by atoms with Crippen LogP contribution >= 0.6 is 27.3 Å². The topological polar surface area (TPSA) is 214 Å². The summed E-state index contributed by atoms with van der Waals surface area (Å²) in [6.07, 6.45) is 0. The number of nitrogens with zero attached hydrogens (tertiary/aromatic N) is 2. The number of carbonyl (C=O) groups excluding carboxylic acids is 3. The minimum absolute atomic E-state index is 0.0382. The highest BCUT2D eigenvalue weighted by Crippen LogP contribution is 2.31. The second-order valence-corrected chi connectivity index (χ2v) is 15.4. The molecule has 0 saturated heterocycles. The molecule has 0 atom stereocenters. The van der Waals surface area contributed by atoms with Crippen LogP contribution in [0.5, 0.6) is 5.75 Å². The van der Waals surface area contributed by atoms with E-state index in [0.29, 0.717) is 21.4 Å². The Balaban J connectivity index is 0.000000219. The quantitative estimate of drug-likeness (QED) is 0.0695. The Morgan fingerprint density at radius 2 is 1.29 bits per heavy atom. The molecule has 1 heterocycles. The number of halogens is 1. The number of amides is 5. The smallest absolute Gasteiger partial charge is 0.323 e. The fourth-order valence-corrected chi connectivity index (χ4v) is 7.84. The van der Waals surface area contributed by atoms with Gasteiger partial charge in [0, 0.05) is 17.1 Å². The summed E-state index contributed by atoms with van der Waals surface area (Å²) in [5.41, 5.74) is 4.58. The molecule has 7 N–H and O–H groups in total. The first kappa shape index (κ1) is 40.4. The van der Waals surface area contributed by atoms with Gasteiger partial charge in [-0.2, -0.15) is 5.26 Å². The fraction of sp³-hybridized carbons (Fsp3) is 0.0513. The number of nitrogens with one attached hydrogen (secondary N) is 6. The number of hydrogen-bond donors (Lipinski definition) is 7. The first-order valence-electron chi connectivity index (χ1n) is 16.5. The van der Waals surface area contributed by atoms with Crippen LogP contribution < -0.4 is 31.3 Å². The van der Waals surface area contributed by atoms with Crippen molar-refractivity contribution in [2.45, 2.75) is 18.1 Å². The van der Waals surface area contributed by atoms with Crippen LogP contribution in [0.1, 0.15) is 18.2 Å². The molecule has 0 aliphatic heterocycles. The maximum Gasteiger partial charge on any atom is 0.323 e. The second-order valence-electron chi connectivity index (χ2n) is 11.6. The van der Waals surface area contributed by atoms with E-state index in [4.69, 9.17) is 5.26 Å². The van der Waals surface area contributed by atoms with Crippen LogP contribution in [-0.4, -0.2) is 36.5 Å². The zero-order valence-corrected chi connectivity index (χ0v) is 32.8. The van der Waals surface area contributed by atoms with Crippen LogP contribution in [0, 0.1) is 18.3 Å². The summed E-state index contributed by atoms with van der Waals surface area (Å²) in [4.78, 5) is 39.7. The molecule has 0 saturated carbocycles. The van der Waals surface area contributed by atoms with Crippen molar-refractivity contribution in [3.63, 3.8) is 0 Å². The Morgan fingerprint density at radius 3 is 1.93 bits per heavy atom. The Labute approximate surface area is 334 Å². The number of rotatable bonds is 9. The predicted molar refractivity (Wildman–Crippen MR) is 223 cm³/mol. The lowest BCUT2D eigenvalue weighted by atomic mass is 10.1. The lowest BCUT2D eigenvalue weighted by Crippen LogP contribution is -2.21. The van der Waals surface area contributed by atoms with Crippen LogP contribution in [0.4, 0.5) is 43.2 Å². The number of phenols is 1. The number of aromatic nitrogens is 1. The lowest BCUT2D eigenvalue weighted by molar-refractivity contribution is -0.114. The molecule has 0 fully saturated rings. The molecule has 14 nitrogen and oxygen atoms in total. The summed E-state index contributed by atoms with van der Waals surface area (Å²) in [5, 5.41) is 31.8. The van der Waals surface area contributed by atoms with Gasteiger partial charge in [-0.05, 0) is 88.6 Å². The van der Waals surface area contributed by atoms with E-state index in [0.717, 1.165) is 22.5 Å². The molecule has 5 amide bonds. The Bertz CT molecular complexity index is 2530. The maximum absolute atomic E-state index is 12.9. The van der Waals surface area contributed by atoms with Gasteiger partial charge in [-0.25, -0.2) is 23.0 Å². The molecule has 0 bridgehead atoms. The van der Waals surface area contributed by atoms with Gasteiger partial charge in [0.25, 0.3) is 10.0 Å². The number of aryl methyl sites for hydroxylation is 1. The number of aromatic hydroxyl groups is 1. The van der Waals surface area contributed by atoms with E-state index >= 15 is 0 Å². The van der Waals surface area contributed by atoms with Gasteiger partial charge in [0.05, 0.1) is 40.1 Å². The molecule has 1 aromatic heterocycles. The van der Waals surface area contributed by atoms with E-state index in [1.165, 1.54) is 38.1 Å². The number of phenolic OH excluding ortho intramolecular Hbond substituents is 1. The highest BCUT2D eigenvalue weighted by Gasteiger charge is 2.24. The van der Waals surface area contributed by atoms with Crippen LogP contribution in [-0.2, 0) is 14.8 Å². The van der Waals surface area contributed by atoms with Gasteiger partial charge in [-0.1, -0.05) is 78.1 Å². The molecule has 0 spiro atoms. The van der Waals surface area contributed by atoms with Gasteiger partial charge in [0.2, 0.25) is 5.91 Å². The summed E-state index contributed by atoms with van der Waals surface area (Å²) in [7, 11) is -4.01. The average Bonchev–Trinajstić information content (AvgIpc) is 3.55. The molecule has 0 aliphatic carbocycles. The number of thiazole rings is 1. The van der Waals surface area contributed by atoms with Gasteiger partial charge >= 0.3 is 12.1 Å². The summed E-state index contributed by atoms with van der Waals surface area (Å²) >= 11 is 4.19. The van der Waals surface area contributed by atoms with Gasteiger partial charge < -0.3 is 31.7 Å². The normalized spacial score (nSPS) is 10.5. The molecule has 5 aromatic carbocycles. The molecule has 56 heavy (non-hydrogen) atoms. The minimum atomic E-state index is -4.01. The summed E-state index contributed by atoms with van der Waals surface area (Å²) in [6, 6.07) is 36.1. The highest BCUT2D eigenvalue weighted by atomic mass is 79.9. The number of urea groups is 2. The van der Waals surface area contributed by atoms with Crippen molar-refractivity contribution in [3.8, 4) is 22.9 Å². The molecule has 284 valence electrons. The Kier molecular flexibility index (Phi) is 13.4. The Morgan fingerprint density at radius 1 is 0.714 bits per heavy atom. The van der Waals surface area contributed by atoms with Crippen LogP contribution in [0.15, 0.2) is 130 Å². The number of para-hydroxylation sites is 3. The zero-order chi connectivity index (χ0) is 40.2. The number of hydrogen-bond acceptors (Lipinski definition) is 9. The van der Waals surface area contributed by atoms with Crippen molar-refractivity contribution in [1.82, 2.24) is 4.98 Å². The monoisotopic (exact) mass is 852 g/mol. The van der Waals surface area contributed by atoms with Crippen molar-refractivity contribution in [2.75, 3.05) is 31.3 Å². The number of benzene rings is 5. The number of nitriles is 1. The Hall–Kier alpha value is -6.74. The van der Waals surface area contributed by atoms with E-state index in [1.54, 1.807) is 48.5 Å². The summed E-state index contributed by atoms with van der Waals surface area (Å²) in [6.45, 7) is 2.84. The van der Waals surface area contributed by atoms with Gasteiger partial charge in [-0.3, -0.25) is 9.52 Å². The highest BCUT2D eigenvalue weighted by molar-refractivity contribution is 9.10. The van der Waals surface area contributed by atoms with Gasteiger partial charge in [0.1, 0.15) is 5.75 Å². The molecule has 6 rings (SSSR count). The van der Waals surface area contributed by atoms with Crippen molar-refractivity contribution >= 4 is 88.8 Å². The van der Waals surface area contributed by atoms with Gasteiger partial charge in [-0.15, -0.1) is 0 Å². The third-order valence-corrected chi connectivity index (χ3v) is 11.2. The maximum atomic E-state index is 12.9. The average molecular weight is 854 g/mol. The molecular weight excluding hydrogens is 821 g/mol. The third-order valence-electron chi connectivity index (χ3n) is 7.45.